The minimum absolute atomic E-state index is 0.147. The molecule has 0 spiro atoms. The van der Waals surface area contributed by atoms with Crippen LogP contribution in [0, 0.1) is 11.3 Å². The number of carbonyl (C=O) groups is 1. The number of amides is 1. The Morgan fingerprint density at radius 2 is 2.30 bits per heavy atom. The predicted molar refractivity (Wildman–Crippen MR) is 77.4 cm³/mol. The van der Waals surface area contributed by atoms with Gasteiger partial charge in [-0.05, 0) is 32.2 Å². The van der Waals surface area contributed by atoms with Crippen LogP contribution in [-0.2, 0) is 4.74 Å². The van der Waals surface area contributed by atoms with E-state index < -0.39 is 5.60 Å². The molecule has 2 rings (SSSR count). The van der Waals surface area contributed by atoms with Gasteiger partial charge in [0.2, 0.25) is 0 Å². The van der Waals surface area contributed by atoms with Gasteiger partial charge in [0.15, 0.2) is 0 Å². The van der Waals surface area contributed by atoms with Crippen LogP contribution in [0.3, 0.4) is 0 Å². The number of thiophene rings is 1. The van der Waals surface area contributed by atoms with Crippen molar-refractivity contribution in [2.24, 2.45) is 0 Å². The number of nitriles is 1. The first-order valence-electron chi connectivity index (χ1n) is 6.56. The Hall–Kier alpha value is -1.58. The Balaban J connectivity index is 1.79. The van der Waals surface area contributed by atoms with Gasteiger partial charge < -0.3 is 9.64 Å². The van der Waals surface area contributed by atoms with Gasteiger partial charge in [-0.2, -0.15) is 5.26 Å². The first-order chi connectivity index (χ1) is 9.39. The van der Waals surface area contributed by atoms with Gasteiger partial charge >= 0.3 is 6.09 Å². The van der Waals surface area contributed by atoms with E-state index in [4.69, 9.17) is 4.74 Å². The van der Waals surface area contributed by atoms with Crippen molar-refractivity contribution in [2.75, 3.05) is 13.1 Å². The second-order valence-corrected chi connectivity index (χ2v) is 6.81. The van der Waals surface area contributed by atoms with E-state index in [1.807, 2.05) is 38.3 Å². The van der Waals surface area contributed by atoms with Gasteiger partial charge in [0.05, 0.1) is 6.07 Å². The third-order valence-corrected chi connectivity index (χ3v) is 3.83. The lowest BCUT2D eigenvalue weighted by molar-refractivity contribution is 0.00478. The maximum absolute atomic E-state index is 11.8. The zero-order chi connectivity index (χ0) is 14.8. The summed E-state index contributed by atoms with van der Waals surface area (Å²) in [4.78, 5) is 14.4. The van der Waals surface area contributed by atoms with Gasteiger partial charge in [0, 0.05) is 24.0 Å². The van der Waals surface area contributed by atoms with Crippen molar-refractivity contribution in [3.05, 3.63) is 22.4 Å². The van der Waals surface area contributed by atoms with Gasteiger partial charge in [-0.1, -0.05) is 6.07 Å². The molecule has 0 bridgehead atoms. The molecule has 108 valence electrons. The summed E-state index contributed by atoms with van der Waals surface area (Å²) in [5, 5.41) is 14.4. The van der Waals surface area contributed by atoms with Crippen molar-refractivity contribution >= 4 is 17.4 Å². The third kappa shape index (κ3) is 3.71. The Morgan fingerprint density at radius 1 is 1.60 bits per heavy atom. The first-order valence-corrected chi connectivity index (χ1v) is 7.44. The van der Waals surface area contributed by atoms with E-state index in [0.29, 0.717) is 13.1 Å². The third-order valence-electron chi connectivity index (χ3n) is 2.89. The number of hydrogen-bond acceptors (Lipinski definition) is 5. The van der Waals surface area contributed by atoms with Crippen molar-refractivity contribution in [3.63, 3.8) is 0 Å². The van der Waals surface area contributed by atoms with Crippen LogP contribution in [0.5, 0.6) is 0 Å². The molecule has 1 aromatic rings. The molecule has 20 heavy (non-hydrogen) atoms. The Kier molecular flexibility index (Phi) is 4.31. The molecule has 1 amide bonds. The van der Waals surface area contributed by atoms with E-state index in [-0.39, 0.29) is 18.2 Å². The maximum Gasteiger partial charge on any atom is 0.410 e. The second kappa shape index (κ2) is 5.81. The molecule has 1 N–H and O–H groups in total. The van der Waals surface area contributed by atoms with Crippen LogP contribution in [0.2, 0.25) is 0 Å². The standard InChI is InChI=1S/C14H19N3O2S/c1-14(2,3)19-13(18)17-8-10(9-17)16-11(7-15)12-5-4-6-20-12/h4-6,10-11,16H,8-9H2,1-3H3/t11-/m0/s1. The molecule has 1 fully saturated rings. The van der Waals surface area contributed by atoms with E-state index in [0.717, 1.165) is 4.88 Å². The minimum Gasteiger partial charge on any atom is -0.444 e. The summed E-state index contributed by atoms with van der Waals surface area (Å²) in [6.45, 7) is 6.71. The molecule has 0 aliphatic carbocycles. The van der Waals surface area contributed by atoms with Crippen molar-refractivity contribution in [1.82, 2.24) is 10.2 Å². The summed E-state index contributed by atoms with van der Waals surface area (Å²) in [5.41, 5.74) is -0.470. The van der Waals surface area contributed by atoms with E-state index in [2.05, 4.69) is 11.4 Å². The fourth-order valence-electron chi connectivity index (χ4n) is 1.93. The molecular weight excluding hydrogens is 274 g/mol. The van der Waals surface area contributed by atoms with E-state index in [1.54, 1.807) is 16.2 Å². The van der Waals surface area contributed by atoms with Gasteiger partial charge in [0.1, 0.15) is 11.6 Å². The Bertz CT molecular complexity index is 495. The van der Waals surface area contributed by atoms with Crippen molar-refractivity contribution in [2.45, 2.75) is 38.5 Å². The van der Waals surface area contributed by atoms with Crippen molar-refractivity contribution < 1.29 is 9.53 Å². The smallest absolute Gasteiger partial charge is 0.410 e. The molecule has 1 aliphatic heterocycles. The summed E-state index contributed by atoms with van der Waals surface area (Å²) >= 11 is 1.56. The number of ether oxygens (including phenoxy) is 1. The van der Waals surface area contributed by atoms with Crippen LogP contribution in [0.1, 0.15) is 31.7 Å². The van der Waals surface area contributed by atoms with Crippen LogP contribution in [0.15, 0.2) is 17.5 Å². The SMILES string of the molecule is CC(C)(C)OC(=O)N1CC(N[C@@H](C#N)c2cccs2)C1. The molecule has 6 heteroatoms. The van der Waals surface area contributed by atoms with E-state index in [9.17, 15) is 10.1 Å². The fourth-order valence-corrected chi connectivity index (χ4v) is 2.66. The van der Waals surface area contributed by atoms with Gasteiger partial charge in [-0.3, -0.25) is 5.32 Å². The zero-order valence-electron chi connectivity index (χ0n) is 11.9. The molecular formula is C14H19N3O2S. The van der Waals surface area contributed by atoms with Gasteiger partial charge in [-0.25, -0.2) is 4.79 Å². The van der Waals surface area contributed by atoms with Crippen molar-refractivity contribution in [1.29, 1.82) is 5.26 Å². The normalized spacial score (nSPS) is 17.2. The number of rotatable bonds is 3. The number of nitrogens with one attached hydrogen (secondary N) is 1. The molecule has 1 aromatic heterocycles. The molecule has 2 heterocycles. The highest BCUT2D eigenvalue weighted by Crippen LogP contribution is 2.21. The highest BCUT2D eigenvalue weighted by Gasteiger charge is 2.34. The number of nitrogens with zero attached hydrogens (tertiary/aromatic N) is 2. The highest BCUT2D eigenvalue weighted by molar-refractivity contribution is 7.10. The van der Waals surface area contributed by atoms with Crippen LogP contribution in [0.4, 0.5) is 4.79 Å². The average Bonchev–Trinajstić information content (AvgIpc) is 2.78. The number of likely N-dealkylation sites (tertiary alicyclic amines) is 1. The molecule has 0 saturated carbocycles. The monoisotopic (exact) mass is 293 g/mol. The average molecular weight is 293 g/mol. The Morgan fingerprint density at radius 3 is 2.80 bits per heavy atom. The van der Waals surface area contributed by atoms with Gasteiger partial charge in [0.25, 0.3) is 0 Å². The minimum atomic E-state index is -0.470. The lowest BCUT2D eigenvalue weighted by Gasteiger charge is -2.40. The molecule has 0 radical (unpaired) electrons. The lowest BCUT2D eigenvalue weighted by Crippen LogP contribution is -2.60. The summed E-state index contributed by atoms with van der Waals surface area (Å²) in [7, 11) is 0. The summed E-state index contributed by atoms with van der Waals surface area (Å²) in [5.74, 6) is 0. The van der Waals surface area contributed by atoms with Crippen LogP contribution >= 0.6 is 11.3 Å². The predicted octanol–water partition coefficient (Wildman–Crippen LogP) is 2.52. The molecule has 1 aliphatic rings. The number of hydrogen-bond donors (Lipinski definition) is 1. The fraction of sp³-hybridized carbons (Fsp3) is 0.571. The highest BCUT2D eigenvalue weighted by atomic mass is 32.1. The lowest BCUT2D eigenvalue weighted by atomic mass is 10.1. The molecule has 0 unspecified atom stereocenters. The van der Waals surface area contributed by atoms with Crippen molar-refractivity contribution in [3.8, 4) is 6.07 Å². The van der Waals surface area contributed by atoms with Gasteiger partial charge in [-0.15, -0.1) is 11.3 Å². The molecule has 5 nitrogen and oxygen atoms in total. The maximum atomic E-state index is 11.8. The largest absolute Gasteiger partial charge is 0.444 e. The Labute approximate surface area is 123 Å². The van der Waals surface area contributed by atoms with E-state index >= 15 is 0 Å². The number of carbonyl (C=O) groups excluding carboxylic acids is 1. The second-order valence-electron chi connectivity index (χ2n) is 5.83. The van der Waals surface area contributed by atoms with Crippen LogP contribution in [-0.4, -0.2) is 35.7 Å². The summed E-state index contributed by atoms with van der Waals surface area (Å²) in [6, 6.07) is 5.96. The molecule has 1 saturated heterocycles. The quantitative estimate of drug-likeness (QED) is 0.930. The van der Waals surface area contributed by atoms with Crippen LogP contribution < -0.4 is 5.32 Å². The first kappa shape index (κ1) is 14.8. The molecule has 0 aromatic carbocycles. The molecule has 1 atom stereocenters. The summed E-state index contributed by atoms with van der Waals surface area (Å²) < 4.78 is 5.29. The van der Waals surface area contributed by atoms with E-state index in [1.165, 1.54) is 0 Å². The topological polar surface area (TPSA) is 65.4 Å². The summed E-state index contributed by atoms with van der Waals surface area (Å²) in [6.07, 6.45) is -0.291. The zero-order valence-corrected chi connectivity index (χ0v) is 12.7. The van der Waals surface area contributed by atoms with Crippen LogP contribution in [0.25, 0.3) is 0 Å².